The fraction of sp³-hybridized carbons (Fsp3) is 0.917. The molecule has 0 aliphatic heterocycles. The third-order valence-electron chi connectivity index (χ3n) is 3.40. The van der Waals surface area contributed by atoms with E-state index in [2.05, 4.69) is 17.4 Å². The number of amidine groups is 1. The van der Waals surface area contributed by atoms with Crippen LogP contribution in [-0.4, -0.2) is 23.6 Å². The number of oxime groups is 1. The van der Waals surface area contributed by atoms with Crippen LogP contribution in [0.15, 0.2) is 5.16 Å². The predicted molar refractivity (Wildman–Crippen MR) is 66.7 cm³/mol. The summed E-state index contributed by atoms with van der Waals surface area (Å²) < 4.78 is 0. The van der Waals surface area contributed by atoms with E-state index in [0.717, 1.165) is 12.5 Å². The van der Waals surface area contributed by atoms with Gasteiger partial charge in [-0.05, 0) is 32.2 Å². The maximum absolute atomic E-state index is 8.43. The lowest BCUT2D eigenvalue weighted by molar-refractivity contribution is 0.315. The van der Waals surface area contributed by atoms with Gasteiger partial charge in [0.2, 0.25) is 0 Å². The molecule has 94 valence electrons. The van der Waals surface area contributed by atoms with Crippen molar-refractivity contribution >= 4 is 5.84 Å². The van der Waals surface area contributed by atoms with E-state index in [-0.39, 0.29) is 0 Å². The third-order valence-corrected chi connectivity index (χ3v) is 3.40. The van der Waals surface area contributed by atoms with Crippen molar-refractivity contribution in [3.05, 3.63) is 0 Å². The Morgan fingerprint density at radius 1 is 1.50 bits per heavy atom. The van der Waals surface area contributed by atoms with Crippen LogP contribution in [0.3, 0.4) is 0 Å². The highest BCUT2D eigenvalue weighted by Crippen LogP contribution is 2.28. The van der Waals surface area contributed by atoms with Crippen molar-refractivity contribution in [3.63, 3.8) is 0 Å². The first-order chi connectivity index (χ1) is 7.72. The number of nitrogens with zero attached hydrogens (tertiary/aromatic N) is 1. The minimum Gasteiger partial charge on any atom is -0.409 e. The topological polar surface area (TPSA) is 70.6 Å². The second kappa shape index (κ2) is 7.49. The fourth-order valence-electron chi connectivity index (χ4n) is 2.46. The Balaban J connectivity index is 1.97. The Labute approximate surface area is 98.3 Å². The zero-order valence-electron chi connectivity index (χ0n) is 10.3. The number of hydrogen-bond acceptors (Lipinski definition) is 3. The Morgan fingerprint density at radius 3 is 2.81 bits per heavy atom. The second-order valence-corrected chi connectivity index (χ2v) is 4.94. The molecule has 1 fully saturated rings. The molecule has 0 amide bonds. The summed E-state index contributed by atoms with van der Waals surface area (Å²) in [6.45, 7) is 3.10. The van der Waals surface area contributed by atoms with Crippen LogP contribution >= 0.6 is 0 Å². The minimum atomic E-state index is 0.291. The molecule has 0 spiro atoms. The van der Waals surface area contributed by atoms with Gasteiger partial charge >= 0.3 is 0 Å². The molecule has 0 bridgehead atoms. The van der Waals surface area contributed by atoms with Crippen LogP contribution < -0.4 is 11.1 Å². The van der Waals surface area contributed by atoms with Crippen LogP contribution in [0.4, 0.5) is 0 Å². The SMILES string of the molecule is CC(CC(N)=NO)NCCCC1CCCC1. The van der Waals surface area contributed by atoms with Gasteiger partial charge in [0.05, 0.1) is 0 Å². The summed E-state index contributed by atoms with van der Waals surface area (Å²) in [6, 6.07) is 0.291. The molecule has 1 saturated carbocycles. The molecule has 1 rings (SSSR count). The summed E-state index contributed by atoms with van der Waals surface area (Å²) in [4.78, 5) is 0. The first-order valence-corrected chi connectivity index (χ1v) is 6.42. The lowest BCUT2D eigenvalue weighted by atomic mass is 10.0. The van der Waals surface area contributed by atoms with Crippen molar-refractivity contribution in [2.24, 2.45) is 16.8 Å². The minimum absolute atomic E-state index is 0.291. The molecule has 0 saturated heterocycles. The Bertz CT molecular complexity index is 212. The normalized spacial score (nSPS) is 20.2. The molecule has 16 heavy (non-hydrogen) atoms. The molecule has 1 atom stereocenters. The van der Waals surface area contributed by atoms with E-state index in [1.165, 1.54) is 38.5 Å². The molecule has 4 nitrogen and oxygen atoms in total. The van der Waals surface area contributed by atoms with Crippen LogP contribution in [0.1, 0.15) is 51.9 Å². The Kier molecular flexibility index (Phi) is 6.23. The van der Waals surface area contributed by atoms with Gasteiger partial charge in [-0.3, -0.25) is 0 Å². The summed E-state index contributed by atoms with van der Waals surface area (Å²) in [7, 11) is 0. The number of nitrogens with one attached hydrogen (secondary N) is 1. The summed E-state index contributed by atoms with van der Waals surface area (Å²) in [6.07, 6.45) is 8.92. The number of rotatable bonds is 7. The lowest BCUT2D eigenvalue weighted by Gasteiger charge is -2.14. The standard InChI is InChI=1S/C12H25N3O/c1-10(9-12(13)15-16)14-8-4-7-11-5-2-3-6-11/h10-11,14,16H,2-9H2,1H3,(H2,13,15). The van der Waals surface area contributed by atoms with Gasteiger partial charge < -0.3 is 16.3 Å². The van der Waals surface area contributed by atoms with Crippen molar-refractivity contribution in [2.45, 2.75) is 57.9 Å². The fourth-order valence-corrected chi connectivity index (χ4v) is 2.46. The Hall–Kier alpha value is -0.770. The van der Waals surface area contributed by atoms with Gasteiger partial charge in [0.15, 0.2) is 0 Å². The quantitative estimate of drug-likeness (QED) is 0.205. The van der Waals surface area contributed by atoms with E-state index >= 15 is 0 Å². The van der Waals surface area contributed by atoms with E-state index in [4.69, 9.17) is 10.9 Å². The van der Waals surface area contributed by atoms with E-state index in [9.17, 15) is 0 Å². The molecule has 4 heteroatoms. The van der Waals surface area contributed by atoms with Crippen molar-refractivity contribution in [2.75, 3.05) is 6.54 Å². The second-order valence-electron chi connectivity index (χ2n) is 4.94. The van der Waals surface area contributed by atoms with Crippen molar-refractivity contribution in [1.29, 1.82) is 0 Å². The highest BCUT2D eigenvalue weighted by Gasteiger charge is 2.14. The molecule has 0 aromatic heterocycles. The molecular weight excluding hydrogens is 202 g/mol. The smallest absolute Gasteiger partial charge is 0.140 e. The van der Waals surface area contributed by atoms with Crippen molar-refractivity contribution < 1.29 is 5.21 Å². The van der Waals surface area contributed by atoms with Crippen LogP contribution in [0.5, 0.6) is 0 Å². The summed E-state index contributed by atoms with van der Waals surface area (Å²) >= 11 is 0. The average molecular weight is 227 g/mol. The molecular formula is C12H25N3O. The molecule has 0 aromatic carbocycles. The van der Waals surface area contributed by atoms with Gasteiger partial charge in [-0.2, -0.15) is 0 Å². The maximum atomic E-state index is 8.43. The molecule has 1 unspecified atom stereocenters. The van der Waals surface area contributed by atoms with E-state index in [1.807, 2.05) is 0 Å². The molecule has 0 aromatic rings. The van der Waals surface area contributed by atoms with Crippen molar-refractivity contribution in [1.82, 2.24) is 5.32 Å². The number of hydrogen-bond donors (Lipinski definition) is 3. The summed E-state index contributed by atoms with van der Waals surface area (Å²) in [5.41, 5.74) is 5.44. The lowest BCUT2D eigenvalue weighted by Crippen LogP contribution is -2.31. The van der Waals surface area contributed by atoms with Gasteiger partial charge in [0.1, 0.15) is 5.84 Å². The third kappa shape index (κ3) is 5.35. The molecule has 4 N–H and O–H groups in total. The van der Waals surface area contributed by atoms with Gasteiger partial charge in [0, 0.05) is 12.5 Å². The van der Waals surface area contributed by atoms with E-state index in [0.29, 0.717) is 18.3 Å². The van der Waals surface area contributed by atoms with Crippen LogP contribution in [0, 0.1) is 5.92 Å². The maximum Gasteiger partial charge on any atom is 0.140 e. The monoisotopic (exact) mass is 227 g/mol. The average Bonchev–Trinajstić information content (AvgIpc) is 2.77. The highest BCUT2D eigenvalue weighted by molar-refractivity contribution is 5.80. The molecule has 0 heterocycles. The van der Waals surface area contributed by atoms with Crippen LogP contribution in [0.2, 0.25) is 0 Å². The van der Waals surface area contributed by atoms with Crippen molar-refractivity contribution in [3.8, 4) is 0 Å². The molecule has 1 aliphatic carbocycles. The first kappa shape index (κ1) is 13.3. The number of nitrogens with two attached hydrogens (primary N) is 1. The first-order valence-electron chi connectivity index (χ1n) is 6.42. The van der Waals surface area contributed by atoms with Gasteiger partial charge in [-0.1, -0.05) is 30.8 Å². The molecule has 0 radical (unpaired) electrons. The summed E-state index contributed by atoms with van der Waals surface area (Å²) in [5, 5.41) is 14.8. The van der Waals surface area contributed by atoms with Gasteiger partial charge in [-0.25, -0.2) is 0 Å². The largest absolute Gasteiger partial charge is 0.409 e. The van der Waals surface area contributed by atoms with Gasteiger partial charge in [-0.15, -0.1) is 0 Å². The zero-order valence-corrected chi connectivity index (χ0v) is 10.3. The predicted octanol–water partition coefficient (Wildman–Crippen LogP) is 2.07. The van der Waals surface area contributed by atoms with E-state index < -0.39 is 0 Å². The van der Waals surface area contributed by atoms with E-state index in [1.54, 1.807) is 0 Å². The highest BCUT2D eigenvalue weighted by atomic mass is 16.4. The zero-order chi connectivity index (χ0) is 11.8. The summed E-state index contributed by atoms with van der Waals surface area (Å²) in [5.74, 6) is 1.27. The van der Waals surface area contributed by atoms with Gasteiger partial charge in [0.25, 0.3) is 0 Å². The van der Waals surface area contributed by atoms with Crippen LogP contribution in [-0.2, 0) is 0 Å². The Morgan fingerprint density at radius 2 is 2.19 bits per heavy atom. The molecule has 1 aliphatic rings. The van der Waals surface area contributed by atoms with Crippen LogP contribution in [0.25, 0.3) is 0 Å².